The van der Waals surface area contributed by atoms with Gasteiger partial charge in [-0.25, -0.2) is 0 Å². The lowest BCUT2D eigenvalue weighted by atomic mass is 9.98. The summed E-state index contributed by atoms with van der Waals surface area (Å²) in [5, 5.41) is 12.0. The number of aromatic nitrogens is 1. The van der Waals surface area contributed by atoms with Crippen LogP contribution in [0.5, 0.6) is 0 Å². The second-order valence-corrected chi connectivity index (χ2v) is 4.21. The third-order valence-corrected chi connectivity index (χ3v) is 3.04. The maximum atomic E-state index is 11.7. The standard InChI is InChI=1S/C12H15N3O/c13-8-11-3-6-15(12(16)7-11)9-10-1-4-14-5-2-10/h3,6-7,10,14H,1-2,4-5,9H2. The molecule has 0 unspecified atom stereocenters. The van der Waals surface area contributed by atoms with Gasteiger partial charge in [0, 0.05) is 18.8 Å². The van der Waals surface area contributed by atoms with Crippen LogP contribution in [-0.4, -0.2) is 17.7 Å². The van der Waals surface area contributed by atoms with E-state index in [0.29, 0.717) is 11.5 Å². The Balaban J connectivity index is 2.09. The van der Waals surface area contributed by atoms with Crippen LogP contribution in [0, 0.1) is 17.2 Å². The van der Waals surface area contributed by atoms with Crippen LogP contribution in [0.15, 0.2) is 23.1 Å². The van der Waals surface area contributed by atoms with Gasteiger partial charge in [-0.05, 0) is 37.9 Å². The first-order chi connectivity index (χ1) is 7.79. The van der Waals surface area contributed by atoms with Crippen molar-refractivity contribution in [1.82, 2.24) is 9.88 Å². The smallest absolute Gasteiger partial charge is 0.251 e. The summed E-state index contributed by atoms with van der Waals surface area (Å²) in [6, 6.07) is 5.08. The zero-order chi connectivity index (χ0) is 11.4. The Morgan fingerprint density at radius 2 is 2.25 bits per heavy atom. The summed E-state index contributed by atoms with van der Waals surface area (Å²) in [7, 11) is 0. The lowest BCUT2D eigenvalue weighted by molar-refractivity contribution is 0.330. The van der Waals surface area contributed by atoms with E-state index < -0.39 is 0 Å². The molecular weight excluding hydrogens is 202 g/mol. The van der Waals surface area contributed by atoms with E-state index in [9.17, 15) is 4.79 Å². The van der Waals surface area contributed by atoms with Crippen LogP contribution in [0.4, 0.5) is 0 Å². The van der Waals surface area contributed by atoms with Crippen LogP contribution in [0.2, 0.25) is 0 Å². The second-order valence-electron chi connectivity index (χ2n) is 4.21. The largest absolute Gasteiger partial charge is 0.317 e. The van der Waals surface area contributed by atoms with E-state index in [1.165, 1.54) is 6.07 Å². The van der Waals surface area contributed by atoms with Gasteiger partial charge in [-0.1, -0.05) is 0 Å². The van der Waals surface area contributed by atoms with Gasteiger partial charge in [-0.3, -0.25) is 4.79 Å². The molecule has 2 heterocycles. The van der Waals surface area contributed by atoms with Crippen molar-refractivity contribution in [3.05, 3.63) is 34.2 Å². The molecule has 1 fully saturated rings. The molecule has 1 aliphatic heterocycles. The van der Waals surface area contributed by atoms with Crippen LogP contribution in [0.1, 0.15) is 18.4 Å². The minimum absolute atomic E-state index is 0.0717. The number of nitrogens with zero attached hydrogens (tertiary/aromatic N) is 2. The number of hydrogen-bond acceptors (Lipinski definition) is 3. The molecule has 4 heteroatoms. The topological polar surface area (TPSA) is 57.8 Å². The highest BCUT2D eigenvalue weighted by molar-refractivity contribution is 5.25. The lowest BCUT2D eigenvalue weighted by Crippen LogP contribution is -2.32. The van der Waals surface area contributed by atoms with Crippen molar-refractivity contribution in [3.8, 4) is 6.07 Å². The number of nitriles is 1. The fraction of sp³-hybridized carbons (Fsp3) is 0.500. The maximum absolute atomic E-state index is 11.7. The van der Waals surface area contributed by atoms with Crippen LogP contribution >= 0.6 is 0 Å². The van der Waals surface area contributed by atoms with Crippen molar-refractivity contribution in [1.29, 1.82) is 5.26 Å². The number of piperidine rings is 1. The first kappa shape index (κ1) is 10.9. The SMILES string of the molecule is N#Cc1ccn(CC2CCNCC2)c(=O)c1. The monoisotopic (exact) mass is 217 g/mol. The molecule has 2 rings (SSSR count). The average Bonchev–Trinajstić information content (AvgIpc) is 2.33. The molecule has 0 radical (unpaired) electrons. The predicted octanol–water partition coefficient (Wildman–Crippen LogP) is 0.720. The molecular formula is C12H15N3O. The minimum atomic E-state index is -0.0717. The first-order valence-corrected chi connectivity index (χ1v) is 5.61. The number of pyridine rings is 1. The number of rotatable bonds is 2. The highest BCUT2D eigenvalue weighted by Gasteiger charge is 2.13. The average molecular weight is 217 g/mol. The Bertz CT molecular complexity index is 452. The third-order valence-electron chi connectivity index (χ3n) is 3.04. The molecule has 0 bridgehead atoms. The van der Waals surface area contributed by atoms with Gasteiger partial charge in [0.1, 0.15) is 0 Å². The molecule has 1 aliphatic rings. The van der Waals surface area contributed by atoms with E-state index in [1.54, 1.807) is 16.8 Å². The Morgan fingerprint density at radius 3 is 2.88 bits per heavy atom. The summed E-state index contributed by atoms with van der Waals surface area (Å²) in [6.07, 6.45) is 3.96. The van der Waals surface area contributed by atoms with Gasteiger partial charge in [0.2, 0.25) is 0 Å². The van der Waals surface area contributed by atoms with E-state index in [1.807, 2.05) is 6.07 Å². The zero-order valence-corrected chi connectivity index (χ0v) is 9.15. The van der Waals surface area contributed by atoms with Gasteiger partial charge >= 0.3 is 0 Å². The van der Waals surface area contributed by atoms with Crippen LogP contribution in [0.25, 0.3) is 0 Å². The Labute approximate surface area is 94.5 Å². The van der Waals surface area contributed by atoms with Gasteiger partial charge in [-0.2, -0.15) is 5.26 Å². The van der Waals surface area contributed by atoms with E-state index in [0.717, 1.165) is 32.5 Å². The molecule has 0 aliphatic carbocycles. The quantitative estimate of drug-likeness (QED) is 0.794. The third kappa shape index (κ3) is 2.50. The number of hydrogen-bond donors (Lipinski definition) is 1. The maximum Gasteiger partial charge on any atom is 0.251 e. The van der Waals surface area contributed by atoms with Crippen molar-refractivity contribution < 1.29 is 0 Å². The lowest BCUT2D eigenvalue weighted by Gasteiger charge is -2.23. The fourth-order valence-corrected chi connectivity index (χ4v) is 2.07. The minimum Gasteiger partial charge on any atom is -0.317 e. The molecule has 0 amide bonds. The van der Waals surface area contributed by atoms with Gasteiger partial charge in [0.05, 0.1) is 11.6 Å². The highest BCUT2D eigenvalue weighted by atomic mass is 16.1. The molecule has 0 aromatic carbocycles. The second kappa shape index (κ2) is 4.95. The molecule has 0 saturated carbocycles. The normalized spacial score (nSPS) is 16.9. The summed E-state index contributed by atoms with van der Waals surface area (Å²) < 4.78 is 1.71. The summed E-state index contributed by atoms with van der Waals surface area (Å²) in [4.78, 5) is 11.7. The van der Waals surface area contributed by atoms with Gasteiger partial charge in [0.15, 0.2) is 0 Å². The predicted molar refractivity (Wildman–Crippen MR) is 61.0 cm³/mol. The van der Waals surface area contributed by atoms with Gasteiger partial charge < -0.3 is 9.88 Å². The fourth-order valence-electron chi connectivity index (χ4n) is 2.07. The van der Waals surface area contributed by atoms with Crippen LogP contribution in [-0.2, 0) is 6.54 Å². The van der Waals surface area contributed by atoms with Crippen molar-refractivity contribution in [2.45, 2.75) is 19.4 Å². The molecule has 1 aromatic heterocycles. The summed E-state index contributed by atoms with van der Waals surface area (Å²) in [6.45, 7) is 2.84. The Kier molecular flexibility index (Phi) is 3.37. The van der Waals surface area contributed by atoms with Crippen molar-refractivity contribution in [3.63, 3.8) is 0 Å². The summed E-state index contributed by atoms with van der Waals surface area (Å²) in [5.74, 6) is 0.576. The van der Waals surface area contributed by atoms with E-state index in [4.69, 9.17) is 5.26 Å². The summed E-state index contributed by atoms with van der Waals surface area (Å²) >= 11 is 0. The number of nitrogens with one attached hydrogen (secondary N) is 1. The first-order valence-electron chi connectivity index (χ1n) is 5.61. The van der Waals surface area contributed by atoms with Crippen molar-refractivity contribution in [2.75, 3.05) is 13.1 Å². The van der Waals surface area contributed by atoms with Crippen LogP contribution in [0.3, 0.4) is 0 Å². The van der Waals surface area contributed by atoms with Crippen LogP contribution < -0.4 is 10.9 Å². The molecule has 84 valence electrons. The Hall–Kier alpha value is -1.60. The molecule has 1 saturated heterocycles. The molecule has 16 heavy (non-hydrogen) atoms. The highest BCUT2D eigenvalue weighted by Crippen LogP contribution is 2.13. The zero-order valence-electron chi connectivity index (χ0n) is 9.15. The Morgan fingerprint density at radius 1 is 1.50 bits per heavy atom. The molecule has 0 atom stereocenters. The van der Waals surface area contributed by atoms with E-state index in [-0.39, 0.29) is 5.56 Å². The molecule has 1 N–H and O–H groups in total. The van der Waals surface area contributed by atoms with Crippen molar-refractivity contribution >= 4 is 0 Å². The molecule has 4 nitrogen and oxygen atoms in total. The van der Waals surface area contributed by atoms with E-state index in [2.05, 4.69) is 5.32 Å². The molecule has 1 aromatic rings. The van der Waals surface area contributed by atoms with Gasteiger partial charge in [-0.15, -0.1) is 0 Å². The summed E-state index contributed by atoms with van der Waals surface area (Å²) in [5.41, 5.74) is 0.365. The van der Waals surface area contributed by atoms with E-state index >= 15 is 0 Å². The molecule has 0 spiro atoms. The van der Waals surface area contributed by atoms with Gasteiger partial charge in [0.25, 0.3) is 5.56 Å². The van der Waals surface area contributed by atoms with Crippen molar-refractivity contribution in [2.24, 2.45) is 5.92 Å².